The van der Waals surface area contributed by atoms with Gasteiger partial charge in [-0.2, -0.15) is 0 Å². The quantitative estimate of drug-likeness (QED) is 0.626. The molecule has 1 aromatic carbocycles. The Labute approximate surface area is 148 Å². The third kappa shape index (κ3) is 3.04. The van der Waals surface area contributed by atoms with Gasteiger partial charge in [-0.1, -0.05) is 12.1 Å². The Morgan fingerprint density at radius 2 is 2.00 bits per heavy atom. The van der Waals surface area contributed by atoms with Gasteiger partial charge in [-0.05, 0) is 17.5 Å². The lowest BCUT2D eigenvalue weighted by atomic mass is 10.1. The zero-order valence-electron chi connectivity index (χ0n) is 13.4. The minimum Gasteiger partial charge on any atom is -0.504 e. The van der Waals surface area contributed by atoms with Crippen molar-refractivity contribution in [1.29, 1.82) is 0 Å². The summed E-state index contributed by atoms with van der Waals surface area (Å²) in [6.07, 6.45) is 2.68. The summed E-state index contributed by atoms with van der Waals surface area (Å²) in [4.78, 5) is 12.4. The maximum atomic E-state index is 9.99. The molecule has 3 heterocycles. The molecule has 1 aliphatic heterocycles. The first-order chi connectivity index (χ1) is 12.1. The molecule has 2 aromatic heterocycles. The first-order valence-corrected chi connectivity index (χ1v) is 8.83. The summed E-state index contributed by atoms with van der Waals surface area (Å²) >= 11 is 1.63. The van der Waals surface area contributed by atoms with E-state index in [-0.39, 0.29) is 11.5 Å². The van der Waals surface area contributed by atoms with Crippen molar-refractivity contribution in [2.24, 2.45) is 0 Å². The van der Waals surface area contributed by atoms with E-state index in [4.69, 9.17) is 4.98 Å². The Morgan fingerprint density at radius 1 is 1.12 bits per heavy atom. The lowest BCUT2D eigenvalue weighted by molar-refractivity contribution is 0.238. The molecule has 0 fully saturated rings. The van der Waals surface area contributed by atoms with Crippen LogP contribution in [0.3, 0.4) is 0 Å². The molecule has 7 heteroatoms. The molecular formula is C18H17N3O3S. The molecule has 0 spiro atoms. The molecule has 25 heavy (non-hydrogen) atoms. The van der Waals surface area contributed by atoms with Crippen LogP contribution in [0.5, 0.6) is 17.2 Å². The van der Waals surface area contributed by atoms with Gasteiger partial charge in [-0.15, -0.1) is 11.3 Å². The number of benzene rings is 1. The molecule has 0 radical (unpaired) electrons. The van der Waals surface area contributed by atoms with Gasteiger partial charge in [0, 0.05) is 43.4 Å². The van der Waals surface area contributed by atoms with Crippen LogP contribution < -0.4 is 0 Å². The topological polar surface area (TPSA) is 89.7 Å². The lowest BCUT2D eigenvalue weighted by Crippen LogP contribution is -2.31. The van der Waals surface area contributed by atoms with Gasteiger partial charge in [-0.3, -0.25) is 4.90 Å². The van der Waals surface area contributed by atoms with Crippen molar-refractivity contribution >= 4 is 11.3 Å². The fraction of sp³-hybridized carbons (Fsp3) is 0.222. The number of thiophene rings is 1. The largest absolute Gasteiger partial charge is 0.504 e. The molecule has 0 unspecified atom stereocenters. The standard InChI is InChI=1S/C18H17N3O3S/c22-14-4-3-11(16(23)17(14)24)9-21-6-5-13-12(10-21)8-19-18(20-13)15-2-1-7-25-15/h1-4,7-8,22-24H,5-6,9-10H2. The van der Waals surface area contributed by atoms with E-state index in [1.165, 1.54) is 6.07 Å². The van der Waals surface area contributed by atoms with E-state index in [1.807, 2.05) is 23.7 Å². The molecule has 1 aliphatic rings. The van der Waals surface area contributed by atoms with Gasteiger partial charge in [0.05, 0.1) is 10.6 Å². The highest BCUT2D eigenvalue weighted by Gasteiger charge is 2.21. The van der Waals surface area contributed by atoms with Gasteiger partial charge >= 0.3 is 0 Å². The summed E-state index contributed by atoms with van der Waals surface area (Å²) < 4.78 is 0. The Balaban J connectivity index is 1.53. The van der Waals surface area contributed by atoms with Gasteiger partial charge in [0.25, 0.3) is 0 Å². The summed E-state index contributed by atoms with van der Waals surface area (Å²) in [5.41, 5.74) is 2.72. The zero-order valence-corrected chi connectivity index (χ0v) is 14.2. The number of hydrogen-bond donors (Lipinski definition) is 3. The number of rotatable bonds is 3. The van der Waals surface area contributed by atoms with Gasteiger partial charge in [0.15, 0.2) is 17.3 Å². The predicted octanol–water partition coefficient (Wildman–Crippen LogP) is 2.88. The molecule has 3 N–H and O–H groups in total. The van der Waals surface area contributed by atoms with Crippen LogP contribution in [0, 0.1) is 0 Å². The van der Waals surface area contributed by atoms with Crippen LogP contribution in [0.4, 0.5) is 0 Å². The number of aromatic nitrogens is 2. The Morgan fingerprint density at radius 3 is 2.80 bits per heavy atom. The SMILES string of the molecule is Oc1ccc(CN2CCc3nc(-c4cccs4)ncc3C2)c(O)c1O. The molecule has 4 rings (SSSR count). The van der Waals surface area contributed by atoms with Crippen molar-refractivity contribution in [3.8, 4) is 28.0 Å². The molecule has 6 nitrogen and oxygen atoms in total. The van der Waals surface area contributed by atoms with Gasteiger partial charge in [-0.25, -0.2) is 9.97 Å². The molecule has 3 aromatic rings. The number of hydrogen-bond acceptors (Lipinski definition) is 7. The summed E-state index contributed by atoms with van der Waals surface area (Å²) in [5.74, 6) is -0.294. The normalized spacial score (nSPS) is 14.4. The number of nitrogens with zero attached hydrogens (tertiary/aromatic N) is 3. The third-order valence-corrected chi connectivity index (χ3v) is 5.23. The van der Waals surface area contributed by atoms with E-state index < -0.39 is 5.75 Å². The van der Waals surface area contributed by atoms with Gasteiger partial charge < -0.3 is 15.3 Å². The van der Waals surface area contributed by atoms with E-state index in [9.17, 15) is 15.3 Å². The second kappa shape index (κ2) is 6.34. The fourth-order valence-corrected chi connectivity index (χ4v) is 3.68. The molecule has 0 saturated carbocycles. The third-order valence-electron chi connectivity index (χ3n) is 4.36. The van der Waals surface area contributed by atoms with Crippen molar-refractivity contribution < 1.29 is 15.3 Å². The van der Waals surface area contributed by atoms with Crippen LogP contribution in [0.25, 0.3) is 10.7 Å². The molecule has 128 valence electrons. The molecular weight excluding hydrogens is 338 g/mol. The van der Waals surface area contributed by atoms with E-state index in [2.05, 4.69) is 9.88 Å². The van der Waals surface area contributed by atoms with Gasteiger partial charge in [0.2, 0.25) is 5.75 Å². The van der Waals surface area contributed by atoms with Crippen LogP contribution in [0.15, 0.2) is 35.8 Å². The smallest absolute Gasteiger partial charge is 0.200 e. The summed E-state index contributed by atoms with van der Waals surface area (Å²) in [6, 6.07) is 7.01. The first-order valence-electron chi connectivity index (χ1n) is 7.95. The van der Waals surface area contributed by atoms with Crippen molar-refractivity contribution in [2.75, 3.05) is 6.54 Å². The molecule has 0 amide bonds. The van der Waals surface area contributed by atoms with Crippen LogP contribution in [0.1, 0.15) is 16.8 Å². The number of phenols is 3. The van der Waals surface area contributed by atoms with Crippen molar-refractivity contribution in [3.05, 3.63) is 52.7 Å². The average molecular weight is 355 g/mol. The molecule has 0 bridgehead atoms. The van der Waals surface area contributed by atoms with Crippen molar-refractivity contribution in [3.63, 3.8) is 0 Å². The van der Waals surface area contributed by atoms with E-state index >= 15 is 0 Å². The second-order valence-electron chi connectivity index (χ2n) is 6.04. The number of aromatic hydroxyl groups is 3. The van der Waals surface area contributed by atoms with Crippen LogP contribution in [0.2, 0.25) is 0 Å². The second-order valence-corrected chi connectivity index (χ2v) is 6.99. The maximum Gasteiger partial charge on any atom is 0.200 e. The van der Waals surface area contributed by atoms with E-state index in [0.717, 1.165) is 34.9 Å². The van der Waals surface area contributed by atoms with Crippen LogP contribution >= 0.6 is 11.3 Å². The van der Waals surface area contributed by atoms with Crippen molar-refractivity contribution in [1.82, 2.24) is 14.9 Å². The first kappa shape index (κ1) is 15.9. The Bertz CT molecular complexity index is 912. The van der Waals surface area contributed by atoms with E-state index in [1.54, 1.807) is 17.4 Å². The number of fused-ring (bicyclic) bond motifs is 1. The average Bonchev–Trinajstić information content (AvgIpc) is 3.16. The Kier molecular flexibility index (Phi) is 4.03. The highest BCUT2D eigenvalue weighted by molar-refractivity contribution is 7.13. The van der Waals surface area contributed by atoms with E-state index in [0.29, 0.717) is 18.7 Å². The highest BCUT2D eigenvalue weighted by atomic mass is 32.1. The summed E-state index contributed by atoms with van der Waals surface area (Å²) in [6.45, 7) is 1.96. The summed E-state index contributed by atoms with van der Waals surface area (Å²) in [5, 5.41) is 31.1. The number of phenolic OH excluding ortho intramolecular Hbond substituents is 3. The fourth-order valence-electron chi connectivity index (χ4n) is 3.01. The molecule has 0 aliphatic carbocycles. The zero-order chi connectivity index (χ0) is 17.4. The van der Waals surface area contributed by atoms with Crippen LogP contribution in [-0.4, -0.2) is 36.7 Å². The minimum absolute atomic E-state index is 0.268. The summed E-state index contributed by atoms with van der Waals surface area (Å²) in [7, 11) is 0. The molecule has 0 atom stereocenters. The maximum absolute atomic E-state index is 9.99. The van der Waals surface area contributed by atoms with Crippen LogP contribution in [-0.2, 0) is 19.5 Å². The highest BCUT2D eigenvalue weighted by Crippen LogP contribution is 2.38. The lowest BCUT2D eigenvalue weighted by Gasteiger charge is -2.28. The monoisotopic (exact) mass is 355 g/mol. The minimum atomic E-state index is -0.473. The van der Waals surface area contributed by atoms with Gasteiger partial charge in [0.1, 0.15) is 0 Å². The Hall–Kier alpha value is -2.64. The van der Waals surface area contributed by atoms with Crippen molar-refractivity contribution in [2.45, 2.75) is 19.5 Å². The predicted molar refractivity (Wildman–Crippen MR) is 94.6 cm³/mol. The molecule has 0 saturated heterocycles.